The van der Waals surface area contributed by atoms with Gasteiger partial charge in [0.05, 0.1) is 6.26 Å². The highest BCUT2D eigenvalue weighted by atomic mass is 32.2. The summed E-state index contributed by atoms with van der Waals surface area (Å²) in [5, 5.41) is 10.1. The van der Waals surface area contributed by atoms with Crippen molar-refractivity contribution >= 4 is 22.7 Å². The molecule has 0 aliphatic heterocycles. The minimum Gasteiger partial charge on any atom is -0.461 e. The van der Waals surface area contributed by atoms with Gasteiger partial charge in [0.25, 0.3) is 0 Å². The van der Waals surface area contributed by atoms with Gasteiger partial charge in [-0.1, -0.05) is 11.8 Å². The molecule has 0 amide bonds. The Balaban J connectivity index is 1.67. The van der Waals surface area contributed by atoms with Gasteiger partial charge in [-0.15, -0.1) is 10.2 Å². The number of nitrogens with zero attached hydrogens (tertiary/aromatic N) is 3. The summed E-state index contributed by atoms with van der Waals surface area (Å²) in [6.45, 7) is 4.06. The summed E-state index contributed by atoms with van der Waals surface area (Å²) < 4.78 is 12.6. The second-order valence-corrected chi connectivity index (χ2v) is 7.10. The Bertz CT molecular complexity index is 1140. The van der Waals surface area contributed by atoms with E-state index in [9.17, 15) is 4.79 Å². The van der Waals surface area contributed by atoms with Crippen LogP contribution < -0.4 is 5.63 Å². The SMILES string of the molecule is Cc1cc2oc(=O)cc(CSc3nnc(-c4ccco4)n3C)c2cc1C. The smallest absolute Gasteiger partial charge is 0.336 e. The molecule has 132 valence electrons. The van der Waals surface area contributed by atoms with Crippen LogP contribution in [0.4, 0.5) is 0 Å². The van der Waals surface area contributed by atoms with Gasteiger partial charge in [-0.3, -0.25) is 0 Å². The Morgan fingerprint density at radius 3 is 2.73 bits per heavy atom. The molecule has 0 aliphatic rings. The maximum Gasteiger partial charge on any atom is 0.336 e. The van der Waals surface area contributed by atoms with Gasteiger partial charge in [0.15, 0.2) is 16.7 Å². The molecular weight excluding hydrogens is 350 g/mol. The number of furan rings is 1. The summed E-state index contributed by atoms with van der Waals surface area (Å²) in [5.74, 6) is 1.93. The van der Waals surface area contributed by atoms with Gasteiger partial charge in [-0.05, 0) is 54.8 Å². The molecule has 0 saturated carbocycles. The van der Waals surface area contributed by atoms with Gasteiger partial charge >= 0.3 is 5.63 Å². The second-order valence-electron chi connectivity index (χ2n) is 6.15. The molecular formula is C19H17N3O3S. The van der Waals surface area contributed by atoms with E-state index in [4.69, 9.17) is 8.83 Å². The number of thioether (sulfide) groups is 1. The summed E-state index contributed by atoms with van der Waals surface area (Å²) in [7, 11) is 1.89. The quantitative estimate of drug-likeness (QED) is 0.399. The molecule has 3 aromatic heterocycles. The third kappa shape index (κ3) is 2.94. The fourth-order valence-electron chi connectivity index (χ4n) is 2.81. The topological polar surface area (TPSA) is 74.1 Å². The maximum atomic E-state index is 11.9. The van der Waals surface area contributed by atoms with Gasteiger partial charge in [0, 0.05) is 24.3 Å². The molecule has 3 heterocycles. The summed E-state index contributed by atoms with van der Waals surface area (Å²) in [6, 6.07) is 9.19. The molecule has 4 aromatic rings. The van der Waals surface area contributed by atoms with Crippen molar-refractivity contribution in [2.24, 2.45) is 7.05 Å². The lowest BCUT2D eigenvalue weighted by molar-refractivity contribution is 0.559. The number of hydrogen-bond donors (Lipinski definition) is 0. The minimum atomic E-state index is -0.342. The predicted molar refractivity (Wildman–Crippen MR) is 100 cm³/mol. The van der Waals surface area contributed by atoms with Crippen molar-refractivity contribution in [2.75, 3.05) is 0 Å². The average Bonchev–Trinajstić information content (AvgIpc) is 3.24. The molecule has 6 nitrogen and oxygen atoms in total. The number of hydrogen-bond acceptors (Lipinski definition) is 6. The minimum absolute atomic E-state index is 0.342. The van der Waals surface area contributed by atoms with E-state index in [1.165, 1.54) is 11.8 Å². The lowest BCUT2D eigenvalue weighted by Crippen LogP contribution is -2.01. The van der Waals surface area contributed by atoms with Crippen molar-refractivity contribution in [3.05, 3.63) is 63.7 Å². The van der Waals surface area contributed by atoms with Crippen LogP contribution in [0.5, 0.6) is 0 Å². The molecule has 0 radical (unpaired) electrons. The standard InChI is InChI=1S/C19H17N3O3S/c1-11-7-14-13(9-17(23)25-16(14)8-12(11)2)10-26-19-21-20-18(22(19)3)15-5-4-6-24-15/h4-9H,10H2,1-3H3. The summed E-state index contributed by atoms with van der Waals surface area (Å²) in [5.41, 5.74) is 3.46. The van der Waals surface area contributed by atoms with Gasteiger partial charge in [0.2, 0.25) is 0 Å². The highest BCUT2D eigenvalue weighted by molar-refractivity contribution is 7.98. The van der Waals surface area contributed by atoms with Gasteiger partial charge in [-0.2, -0.15) is 0 Å². The molecule has 1 aromatic carbocycles. The van der Waals surface area contributed by atoms with E-state index in [2.05, 4.69) is 23.2 Å². The first-order chi connectivity index (χ1) is 12.5. The van der Waals surface area contributed by atoms with E-state index in [0.717, 1.165) is 27.2 Å². The van der Waals surface area contributed by atoms with Crippen molar-refractivity contribution in [1.29, 1.82) is 0 Å². The highest BCUT2D eigenvalue weighted by Crippen LogP contribution is 2.29. The van der Waals surface area contributed by atoms with Crippen LogP contribution in [-0.2, 0) is 12.8 Å². The fourth-order valence-corrected chi connectivity index (χ4v) is 3.71. The van der Waals surface area contributed by atoms with E-state index < -0.39 is 0 Å². The Hall–Kier alpha value is -2.80. The second kappa shape index (κ2) is 6.49. The van der Waals surface area contributed by atoms with Crippen molar-refractivity contribution in [3.8, 4) is 11.6 Å². The monoisotopic (exact) mass is 367 g/mol. The number of benzene rings is 1. The zero-order valence-corrected chi connectivity index (χ0v) is 15.5. The lowest BCUT2D eigenvalue weighted by Gasteiger charge is -2.08. The predicted octanol–water partition coefficient (Wildman–Crippen LogP) is 4.09. The molecule has 0 spiro atoms. The third-order valence-corrected chi connectivity index (χ3v) is 5.45. The zero-order valence-electron chi connectivity index (χ0n) is 14.6. The molecule has 7 heteroatoms. The third-order valence-electron chi connectivity index (χ3n) is 4.38. The van der Waals surface area contributed by atoms with Crippen LogP contribution in [0.15, 0.2) is 55.4 Å². The Kier molecular flexibility index (Phi) is 4.16. The van der Waals surface area contributed by atoms with Crippen LogP contribution in [0.25, 0.3) is 22.6 Å². The Morgan fingerprint density at radius 1 is 1.15 bits per heavy atom. The van der Waals surface area contributed by atoms with Gasteiger partial charge in [0.1, 0.15) is 5.58 Å². The Labute approximate surface area is 153 Å². The van der Waals surface area contributed by atoms with Crippen molar-refractivity contribution < 1.29 is 8.83 Å². The molecule has 0 bridgehead atoms. The number of aryl methyl sites for hydroxylation is 2. The fraction of sp³-hybridized carbons (Fsp3) is 0.211. The largest absolute Gasteiger partial charge is 0.461 e. The van der Waals surface area contributed by atoms with Crippen LogP contribution >= 0.6 is 11.8 Å². The van der Waals surface area contributed by atoms with Crippen molar-refractivity contribution in [2.45, 2.75) is 24.8 Å². The molecule has 0 unspecified atom stereocenters. The van der Waals surface area contributed by atoms with Crippen molar-refractivity contribution in [3.63, 3.8) is 0 Å². The first kappa shape index (κ1) is 16.7. The summed E-state index contributed by atoms with van der Waals surface area (Å²) >= 11 is 1.52. The molecule has 0 fully saturated rings. The highest BCUT2D eigenvalue weighted by Gasteiger charge is 2.15. The first-order valence-electron chi connectivity index (χ1n) is 8.13. The number of fused-ring (bicyclic) bond motifs is 1. The number of aromatic nitrogens is 3. The summed E-state index contributed by atoms with van der Waals surface area (Å²) in [6.07, 6.45) is 1.61. The Morgan fingerprint density at radius 2 is 1.96 bits per heavy atom. The summed E-state index contributed by atoms with van der Waals surface area (Å²) in [4.78, 5) is 11.9. The molecule has 0 aliphatic carbocycles. The molecule has 0 saturated heterocycles. The van der Waals surface area contributed by atoms with E-state index in [1.54, 1.807) is 12.3 Å². The van der Waals surface area contributed by atoms with Crippen LogP contribution in [0, 0.1) is 13.8 Å². The van der Waals surface area contributed by atoms with E-state index in [-0.39, 0.29) is 5.63 Å². The van der Waals surface area contributed by atoms with Crippen LogP contribution in [0.3, 0.4) is 0 Å². The lowest BCUT2D eigenvalue weighted by atomic mass is 10.0. The van der Waals surface area contributed by atoms with Crippen LogP contribution in [0.2, 0.25) is 0 Å². The van der Waals surface area contributed by atoms with E-state index >= 15 is 0 Å². The van der Waals surface area contributed by atoms with E-state index in [0.29, 0.717) is 22.9 Å². The molecule has 0 atom stereocenters. The first-order valence-corrected chi connectivity index (χ1v) is 9.11. The van der Waals surface area contributed by atoms with Gasteiger partial charge < -0.3 is 13.4 Å². The molecule has 26 heavy (non-hydrogen) atoms. The normalized spacial score (nSPS) is 11.3. The van der Waals surface area contributed by atoms with Crippen LogP contribution in [-0.4, -0.2) is 14.8 Å². The van der Waals surface area contributed by atoms with E-state index in [1.807, 2.05) is 36.7 Å². The van der Waals surface area contributed by atoms with Gasteiger partial charge in [-0.25, -0.2) is 4.79 Å². The average molecular weight is 367 g/mol. The maximum absolute atomic E-state index is 11.9. The molecule has 4 rings (SSSR count). The number of rotatable bonds is 4. The zero-order chi connectivity index (χ0) is 18.3. The molecule has 0 N–H and O–H groups in total. The van der Waals surface area contributed by atoms with Crippen molar-refractivity contribution in [1.82, 2.24) is 14.8 Å². The van der Waals surface area contributed by atoms with Crippen LogP contribution in [0.1, 0.15) is 16.7 Å².